The molecule has 0 fully saturated rings. The highest BCUT2D eigenvalue weighted by Crippen LogP contribution is 2.14. The fourth-order valence-corrected chi connectivity index (χ4v) is 2.32. The van der Waals surface area contributed by atoms with Crippen molar-refractivity contribution in [3.05, 3.63) is 54.1 Å². The molecule has 0 bridgehead atoms. The number of tetrazole rings is 1. The number of hydrogen-bond acceptors (Lipinski definition) is 6. The molecule has 1 aromatic carbocycles. The number of carbonyl (C=O) groups excluding carboxylic acids is 1. The monoisotopic (exact) mass is 353 g/mol. The van der Waals surface area contributed by atoms with Gasteiger partial charge in [0.1, 0.15) is 11.5 Å². The van der Waals surface area contributed by atoms with E-state index in [1.807, 2.05) is 0 Å². The van der Waals surface area contributed by atoms with Crippen LogP contribution >= 0.6 is 0 Å². The number of amides is 1. The molecule has 4 rings (SSSR count). The van der Waals surface area contributed by atoms with E-state index >= 15 is 0 Å². The molecule has 11 heteroatoms. The third-order valence-corrected chi connectivity index (χ3v) is 3.51. The molecular formula is C15H12FN9O. The van der Waals surface area contributed by atoms with Gasteiger partial charge in [0, 0.05) is 12.3 Å². The summed E-state index contributed by atoms with van der Waals surface area (Å²) in [6.45, 7) is 0. The lowest BCUT2D eigenvalue weighted by Crippen LogP contribution is -2.15. The number of nitrogens with zero attached hydrogens (tertiary/aromatic N) is 6. The number of anilines is 1. The number of aromatic amines is 2. The predicted octanol–water partition coefficient (Wildman–Crippen LogP) is 1.10. The third kappa shape index (κ3) is 3.31. The van der Waals surface area contributed by atoms with Gasteiger partial charge in [-0.1, -0.05) is 0 Å². The summed E-state index contributed by atoms with van der Waals surface area (Å²) in [7, 11) is 0. The average Bonchev–Trinajstić information content (AvgIpc) is 3.36. The molecule has 4 aromatic rings. The van der Waals surface area contributed by atoms with E-state index in [2.05, 4.69) is 41.2 Å². The van der Waals surface area contributed by atoms with Crippen LogP contribution in [0.4, 0.5) is 10.2 Å². The fourth-order valence-electron chi connectivity index (χ4n) is 2.32. The summed E-state index contributed by atoms with van der Waals surface area (Å²) >= 11 is 0. The van der Waals surface area contributed by atoms with Gasteiger partial charge in [0.05, 0.1) is 17.8 Å². The summed E-state index contributed by atoms with van der Waals surface area (Å²) in [5.74, 6) is 0.0871. The van der Waals surface area contributed by atoms with Crippen molar-refractivity contribution < 1.29 is 9.18 Å². The van der Waals surface area contributed by atoms with Crippen LogP contribution in [0.15, 0.2) is 42.6 Å². The largest absolute Gasteiger partial charge is 0.309 e. The number of carbonyl (C=O) groups is 1. The van der Waals surface area contributed by atoms with Crippen LogP contribution in [-0.2, 0) is 11.2 Å². The van der Waals surface area contributed by atoms with Gasteiger partial charge in [-0.25, -0.2) is 9.07 Å². The zero-order valence-electron chi connectivity index (χ0n) is 13.2. The van der Waals surface area contributed by atoms with E-state index in [-0.39, 0.29) is 18.1 Å². The van der Waals surface area contributed by atoms with Gasteiger partial charge in [0.2, 0.25) is 11.7 Å². The minimum absolute atomic E-state index is 0.0681. The van der Waals surface area contributed by atoms with Crippen molar-refractivity contribution in [2.45, 2.75) is 6.42 Å². The number of nitrogens with one attached hydrogen (secondary N) is 3. The van der Waals surface area contributed by atoms with Crippen molar-refractivity contribution in [3.63, 3.8) is 0 Å². The fraction of sp³-hybridized carbons (Fsp3) is 0.0667. The molecule has 3 N–H and O–H groups in total. The maximum absolute atomic E-state index is 13.0. The first-order valence-corrected chi connectivity index (χ1v) is 7.57. The molecule has 0 unspecified atom stereocenters. The summed E-state index contributed by atoms with van der Waals surface area (Å²) in [6, 6.07) is 9.23. The molecule has 3 heterocycles. The van der Waals surface area contributed by atoms with Crippen molar-refractivity contribution in [2.24, 2.45) is 0 Å². The number of aromatic nitrogens is 8. The Hall–Kier alpha value is -3.89. The highest BCUT2D eigenvalue weighted by atomic mass is 19.1. The molecule has 0 saturated carbocycles. The Bertz CT molecular complexity index is 1020. The second kappa shape index (κ2) is 6.55. The van der Waals surface area contributed by atoms with Gasteiger partial charge in [-0.3, -0.25) is 9.89 Å². The Morgan fingerprint density at radius 3 is 2.81 bits per heavy atom. The maximum Gasteiger partial charge on any atom is 0.231 e. The number of benzene rings is 1. The Labute approximate surface area is 145 Å². The predicted molar refractivity (Wildman–Crippen MR) is 87.6 cm³/mol. The lowest BCUT2D eigenvalue weighted by atomic mass is 10.3. The van der Waals surface area contributed by atoms with Crippen LogP contribution in [0.25, 0.3) is 17.2 Å². The second-order valence-corrected chi connectivity index (χ2v) is 5.36. The van der Waals surface area contributed by atoms with E-state index < -0.39 is 0 Å². The van der Waals surface area contributed by atoms with Gasteiger partial charge in [-0.15, -0.1) is 10.2 Å². The maximum atomic E-state index is 13.0. The van der Waals surface area contributed by atoms with Crippen LogP contribution in [0.3, 0.4) is 0 Å². The first-order valence-electron chi connectivity index (χ1n) is 7.57. The minimum atomic E-state index is -0.320. The van der Waals surface area contributed by atoms with Crippen molar-refractivity contribution in [1.29, 1.82) is 0 Å². The van der Waals surface area contributed by atoms with Crippen molar-refractivity contribution >= 4 is 11.7 Å². The Morgan fingerprint density at radius 2 is 2.04 bits per heavy atom. The van der Waals surface area contributed by atoms with E-state index in [0.29, 0.717) is 28.7 Å². The third-order valence-electron chi connectivity index (χ3n) is 3.51. The van der Waals surface area contributed by atoms with E-state index in [0.717, 1.165) is 0 Å². The van der Waals surface area contributed by atoms with Crippen LogP contribution in [-0.4, -0.2) is 46.5 Å². The highest BCUT2D eigenvalue weighted by Gasteiger charge is 2.12. The summed E-state index contributed by atoms with van der Waals surface area (Å²) in [4.78, 5) is 12.2. The highest BCUT2D eigenvalue weighted by molar-refractivity contribution is 5.91. The number of halogens is 1. The molecule has 26 heavy (non-hydrogen) atoms. The zero-order chi connectivity index (χ0) is 17.9. The van der Waals surface area contributed by atoms with Crippen LogP contribution in [0, 0.1) is 5.82 Å². The minimum Gasteiger partial charge on any atom is -0.309 e. The van der Waals surface area contributed by atoms with Gasteiger partial charge >= 0.3 is 0 Å². The average molecular weight is 353 g/mol. The molecule has 1 amide bonds. The summed E-state index contributed by atoms with van der Waals surface area (Å²) in [5.41, 5.74) is 1.80. The summed E-state index contributed by atoms with van der Waals surface area (Å²) in [6.07, 6.45) is 1.78. The quantitative estimate of drug-likeness (QED) is 0.492. The van der Waals surface area contributed by atoms with Gasteiger partial charge in [-0.05, 0) is 35.5 Å². The van der Waals surface area contributed by atoms with Crippen molar-refractivity contribution in [2.75, 3.05) is 5.32 Å². The number of hydrogen-bond donors (Lipinski definition) is 3. The normalized spacial score (nSPS) is 10.8. The lowest BCUT2D eigenvalue weighted by Gasteiger charge is -2.01. The molecular weight excluding hydrogens is 341 g/mol. The smallest absolute Gasteiger partial charge is 0.231 e. The van der Waals surface area contributed by atoms with Crippen molar-refractivity contribution in [3.8, 4) is 17.2 Å². The summed E-state index contributed by atoms with van der Waals surface area (Å²) < 4.78 is 14.5. The number of rotatable bonds is 5. The van der Waals surface area contributed by atoms with Crippen LogP contribution < -0.4 is 5.32 Å². The molecule has 0 spiro atoms. The van der Waals surface area contributed by atoms with Crippen LogP contribution in [0.5, 0.6) is 0 Å². The van der Waals surface area contributed by atoms with E-state index in [4.69, 9.17) is 0 Å². The molecule has 130 valence electrons. The van der Waals surface area contributed by atoms with E-state index in [1.54, 1.807) is 35.1 Å². The van der Waals surface area contributed by atoms with Gasteiger partial charge in [0.15, 0.2) is 5.82 Å². The SMILES string of the molecule is O=C(Cc1ccn(-c2ccc(F)cc2)n1)Nc1cc(-c2nn[nH]n2)[nH]n1. The van der Waals surface area contributed by atoms with Gasteiger partial charge < -0.3 is 5.32 Å². The number of H-pyrrole nitrogens is 2. The molecule has 0 aliphatic rings. The molecule has 0 aliphatic heterocycles. The van der Waals surface area contributed by atoms with Crippen LogP contribution in [0.1, 0.15) is 5.69 Å². The van der Waals surface area contributed by atoms with Gasteiger partial charge in [0.25, 0.3) is 0 Å². The molecule has 10 nitrogen and oxygen atoms in total. The first kappa shape index (κ1) is 15.6. The Kier molecular flexibility index (Phi) is 3.94. The molecule has 0 saturated heterocycles. The zero-order valence-corrected chi connectivity index (χ0v) is 13.2. The molecule has 0 radical (unpaired) electrons. The van der Waals surface area contributed by atoms with E-state index in [9.17, 15) is 9.18 Å². The summed E-state index contributed by atoms with van der Waals surface area (Å²) in [5, 5.41) is 27.1. The Morgan fingerprint density at radius 1 is 1.19 bits per heavy atom. The lowest BCUT2D eigenvalue weighted by molar-refractivity contribution is -0.115. The standard InChI is InChI=1S/C15H12FN9O/c16-9-1-3-11(4-2-9)25-6-5-10(22-25)7-14(26)17-13-8-12(18-19-13)15-20-23-24-21-15/h1-6,8H,7H2,(H2,17,18,19,26)(H,20,21,23,24). The van der Waals surface area contributed by atoms with Crippen LogP contribution in [0.2, 0.25) is 0 Å². The second-order valence-electron chi connectivity index (χ2n) is 5.36. The van der Waals surface area contributed by atoms with Crippen molar-refractivity contribution in [1.82, 2.24) is 40.6 Å². The molecule has 3 aromatic heterocycles. The first-order chi connectivity index (χ1) is 12.7. The van der Waals surface area contributed by atoms with E-state index in [1.165, 1.54) is 12.1 Å². The van der Waals surface area contributed by atoms with Gasteiger partial charge in [-0.2, -0.15) is 15.4 Å². The topological polar surface area (TPSA) is 130 Å². The molecule has 0 atom stereocenters. The Balaban J connectivity index is 1.40. The molecule has 0 aliphatic carbocycles.